The van der Waals surface area contributed by atoms with Crippen LogP contribution < -0.4 is 0 Å². The van der Waals surface area contributed by atoms with Crippen molar-refractivity contribution in [3.05, 3.63) is 34.6 Å². The predicted octanol–water partition coefficient (Wildman–Crippen LogP) is 7.61. The van der Waals surface area contributed by atoms with Crippen LogP contribution in [0.3, 0.4) is 0 Å². The highest BCUT2D eigenvalue weighted by Crippen LogP contribution is 2.72. The molecular formula is C29H41NO2. The number of hydrogen-bond acceptors (Lipinski definition) is 3. The standard InChI is InChI=1S/C29H41NO2/c1-19-20-8-9-23-28(6,21(20)16-22(31)24(19)32)14-13-27(5)17-26(4,12-15-29(23,27)7)11-10-25(2,3)18-30/h8,16,23,32H,9-15,17H2,1-7H3/t23?,26-,27+,28+,29-/m1/s1. The Hall–Kier alpha value is -1.82. The fourth-order valence-electron chi connectivity index (χ4n) is 7.97. The molecule has 0 saturated heterocycles. The Morgan fingerprint density at radius 2 is 1.84 bits per heavy atom. The normalized spacial score (nSPS) is 41.7. The first kappa shape index (κ1) is 23.3. The Morgan fingerprint density at radius 3 is 2.50 bits per heavy atom. The average molecular weight is 436 g/mol. The van der Waals surface area contributed by atoms with Crippen LogP contribution in [0.5, 0.6) is 0 Å². The summed E-state index contributed by atoms with van der Waals surface area (Å²) in [6.45, 7) is 15.9. The highest BCUT2D eigenvalue weighted by atomic mass is 16.3. The fraction of sp³-hybridized carbons (Fsp3) is 0.724. The van der Waals surface area contributed by atoms with Gasteiger partial charge in [0.15, 0.2) is 5.76 Å². The van der Waals surface area contributed by atoms with Crippen LogP contribution >= 0.6 is 0 Å². The lowest BCUT2D eigenvalue weighted by molar-refractivity contribution is -0.155. The van der Waals surface area contributed by atoms with Gasteiger partial charge < -0.3 is 5.11 Å². The minimum atomic E-state index is -0.253. The lowest BCUT2D eigenvalue weighted by Crippen LogP contribution is -2.59. The third kappa shape index (κ3) is 3.24. The van der Waals surface area contributed by atoms with Crippen LogP contribution in [-0.4, -0.2) is 10.9 Å². The van der Waals surface area contributed by atoms with Crippen LogP contribution in [-0.2, 0) is 4.79 Å². The molecule has 1 unspecified atom stereocenters. The van der Waals surface area contributed by atoms with Gasteiger partial charge in [0.1, 0.15) is 0 Å². The van der Waals surface area contributed by atoms with Gasteiger partial charge in [-0.3, -0.25) is 4.79 Å². The summed E-state index contributed by atoms with van der Waals surface area (Å²) < 4.78 is 0. The summed E-state index contributed by atoms with van der Waals surface area (Å²) in [5.41, 5.74) is 3.52. The van der Waals surface area contributed by atoms with Gasteiger partial charge in [0.25, 0.3) is 0 Å². The van der Waals surface area contributed by atoms with Crippen LogP contribution in [0.4, 0.5) is 0 Å². The van der Waals surface area contributed by atoms with Crippen molar-refractivity contribution < 1.29 is 9.90 Å². The largest absolute Gasteiger partial charge is 0.504 e. The summed E-state index contributed by atoms with van der Waals surface area (Å²) in [6, 6.07) is 2.49. The van der Waals surface area contributed by atoms with Gasteiger partial charge in [-0.05, 0) is 117 Å². The molecule has 1 N–H and O–H groups in total. The number of hydrogen-bond donors (Lipinski definition) is 1. The lowest BCUT2D eigenvalue weighted by Gasteiger charge is -2.67. The average Bonchev–Trinajstić information content (AvgIpc) is 2.73. The molecule has 4 rings (SSSR count). The smallest absolute Gasteiger partial charge is 0.220 e. The number of aliphatic hydroxyl groups is 1. The zero-order chi connectivity index (χ0) is 23.7. The number of nitriles is 1. The molecule has 0 spiro atoms. The van der Waals surface area contributed by atoms with Gasteiger partial charge in [-0.15, -0.1) is 0 Å². The van der Waals surface area contributed by atoms with Crippen molar-refractivity contribution in [2.75, 3.05) is 0 Å². The Labute approximate surface area is 194 Å². The van der Waals surface area contributed by atoms with Gasteiger partial charge in [-0.1, -0.05) is 33.8 Å². The molecule has 174 valence electrons. The van der Waals surface area contributed by atoms with E-state index >= 15 is 0 Å². The fourth-order valence-corrected chi connectivity index (χ4v) is 7.97. The minimum absolute atomic E-state index is 0.0213. The van der Waals surface area contributed by atoms with E-state index in [-0.39, 0.29) is 38.6 Å². The van der Waals surface area contributed by atoms with E-state index in [0.29, 0.717) is 5.92 Å². The molecule has 4 aliphatic rings. The molecule has 5 atom stereocenters. The van der Waals surface area contributed by atoms with Gasteiger partial charge in [0.05, 0.1) is 11.5 Å². The quantitative estimate of drug-likeness (QED) is 0.496. The monoisotopic (exact) mass is 435 g/mol. The number of carbonyl (C=O) groups excluding carboxylic acids is 1. The summed E-state index contributed by atoms with van der Waals surface area (Å²) >= 11 is 0. The van der Waals surface area contributed by atoms with E-state index in [4.69, 9.17) is 0 Å². The Kier molecular flexibility index (Phi) is 5.17. The molecule has 2 fully saturated rings. The molecule has 3 nitrogen and oxygen atoms in total. The van der Waals surface area contributed by atoms with Crippen LogP contribution in [0.1, 0.15) is 99.8 Å². The molecule has 0 heterocycles. The van der Waals surface area contributed by atoms with Gasteiger partial charge in [-0.25, -0.2) is 0 Å². The summed E-state index contributed by atoms with van der Waals surface area (Å²) in [5, 5.41) is 19.7. The zero-order valence-corrected chi connectivity index (χ0v) is 21.2. The first-order valence-corrected chi connectivity index (χ1v) is 12.5. The Morgan fingerprint density at radius 1 is 1.16 bits per heavy atom. The second kappa shape index (κ2) is 7.09. The van der Waals surface area contributed by atoms with Crippen LogP contribution in [0, 0.1) is 44.3 Å². The first-order chi connectivity index (χ1) is 14.7. The topological polar surface area (TPSA) is 61.1 Å². The van der Waals surface area contributed by atoms with E-state index in [1.165, 1.54) is 31.3 Å². The summed E-state index contributed by atoms with van der Waals surface area (Å²) in [5.74, 6) is 0.193. The number of fused-ring (bicyclic) bond motifs is 5. The second-order valence-corrected chi connectivity index (χ2v) is 13.2. The second-order valence-electron chi connectivity index (χ2n) is 13.2. The molecule has 0 aromatic heterocycles. The summed E-state index contributed by atoms with van der Waals surface area (Å²) in [6.07, 6.45) is 13.0. The number of allylic oxidation sites excluding steroid dienone is 5. The van der Waals surface area contributed by atoms with E-state index in [2.05, 4.69) is 53.7 Å². The lowest BCUT2D eigenvalue weighted by atomic mass is 9.37. The molecular weight excluding hydrogens is 394 g/mol. The van der Waals surface area contributed by atoms with Crippen molar-refractivity contribution in [2.45, 2.75) is 99.8 Å². The van der Waals surface area contributed by atoms with Gasteiger partial charge in [-0.2, -0.15) is 5.26 Å². The van der Waals surface area contributed by atoms with Crippen molar-refractivity contribution in [1.29, 1.82) is 5.26 Å². The number of aliphatic hydroxyl groups excluding tert-OH is 1. The summed E-state index contributed by atoms with van der Waals surface area (Å²) in [7, 11) is 0. The first-order valence-electron chi connectivity index (χ1n) is 12.5. The predicted molar refractivity (Wildman–Crippen MR) is 129 cm³/mol. The molecule has 2 saturated carbocycles. The molecule has 0 radical (unpaired) electrons. The Bertz CT molecular complexity index is 991. The minimum Gasteiger partial charge on any atom is -0.504 e. The number of rotatable bonds is 3. The maximum absolute atomic E-state index is 12.5. The molecule has 0 aromatic rings. The van der Waals surface area contributed by atoms with Crippen molar-refractivity contribution in [3.63, 3.8) is 0 Å². The highest BCUT2D eigenvalue weighted by Gasteiger charge is 2.63. The molecule has 0 bridgehead atoms. The number of ketones is 1. The maximum atomic E-state index is 12.5. The number of carbonyl (C=O) groups is 1. The molecule has 4 aliphatic carbocycles. The summed E-state index contributed by atoms with van der Waals surface area (Å²) in [4.78, 5) is 12.5. The highest BCUT2D eigenvalue weighted by molar-refractivity contribution is 6.06. The van der Waals surface area contributed by atoms with Gasteiger partial charge >= 0.3 is 0 Å². The SMILES string of the molecule is CC1=C(O)C(=O)C=C2C1=CCC1[C@@]2(C)CC[C@@]2(C)C[C@](C)(CCC(C)(C)C#N)CC[C@]12C. The maximum Gasteiger partial charge on any atom is 0.220 e. The number of nitrogens with zero attached hydrogens (tertiary/aromatic N) is 1. The molecule has 0 amide bonds. The molecule has 3 heteroatoms. The van der Waals surface area contributed by atoms with Crippen LogP contribution in [0.2, 0.25) is 0 Å². The van der Waals surface area contributed by atoms with E-state index in [0.717, 1.165) is 36.8 Å². The third-order valence-electron chi connectivity index (χ3n) is 10.6. The molecule has 32 heavy (non-hydrogen) atoms. The molecule has 0 aromatic carbocycles. The van der Waals surface area contributed by atoms with Gasteiger partial charge in [0.2, 0.25) is 5.78 Å². The zero-order valence-electron chi connectivity index (χ0n) is 21.2. The van der Waals surface area contributed by atoms with E-state index < -0.39 is 0 Å². The van der Waals surface area contributed by atoms with Crippen molar-refractivity contribution in [2.24, 2.45) is 33.0 Å². The third-order valence-corrected chi connectivity index (χ3v) is 10.6. The van der Waals surface area contributed by atoms with Crippen LogP contribution in [0.15, 0.2) is 34.6 Å². The van der Waals surface area contributed by atoms with Gasteiger partial charge in [0, 0.05) is 5.57 Å². The van der Waals surface area contributed by atoms with Crippen molar-refractivity contribution in [3.8, 4) is 6.07 Å². The van der Waals surface area contributed by atoms with Crippen molar-refractivity contribution >= 4 is 5.78 Å². The van der Waals surface area contributed by atoms with E-state index in [9.17, 15) is 15.2 Å². The van der Waals surface area contributed by atoms with Crippen molar-refractivity contribution in [1.82, 2.24) is 0 Å². The Balaban J connectivity index is 1.66. The van der Waals surface area contributed by atoms with E-state index in [1.807, 2.05) is 6.92 Å². The van der Waals surface area contributed by atoms with Crippen LogP contribution in [0.25, 0.3) is 0 Å². The molecule has 0 aliphatic heterocycles. The van der Waals surface area contributed by atoms with E-state index in [1.54, 1.807) is 6.08 Å².